The smallest absolute Gasteiger partial charge is 0.299 e. The molecule has 4 heterocycles. The molecule has 0 saturated carbocycles. The molecule has 7 nitrogen and oxygen atoms in total. The fraction of sp³-hybridized carbons (Fsp3) is 0.240. The third kappa shape index (κ3) is 3.29. The third-order valence-electron chi connectivity index (χ3n) is 6.10. The number of nitrogens with one attached hydrogen (secondary N) is 2. The molecule has 0 radical (unpaired) electrons. The molecule has 1 aliphatic rings. The first-order valence-corrected chi connectivity index (χ1v) is 11.0. The summed E-state index contributed by atoms with van der Waals surface area (Å²) in [6.45, 7) is 5.39. The standard InChI is InChI=1S/C25H23FN6O/c1-25(2)14-33-24-29-20-22(27-12-11-16-13-28-19-6-4-3-5-18(16)19)30-21(31-23(20)32(24)25)15-7-9-17(26)10-8-15/h3-10,13,28H,11-12,14H2,1-2H3,(H,27,30,31). The number of nitrogens with zero attached hydrogens (tertiary/aromatic N) is 4. The molecule has 0 fully saturated rings. The van der Waals surface area contributed by atoms with Gasteiger partial charge in [-0.15, -0.1) is 0 Å². The molecule has 2 N–H and O–H groups in total. The highest BCUT2D eigenvalue weighted by Crippen LogP contribution is 2.37. The van der Waals surface area contributed by atoms with Gasteiger partial charge in [0.05, 0.1) is 5.54 Å². The highest BCUT2D eigenvalue weighted by molar-refractivity contribution is 5.87. The first-order chi connectivity index (χ1) is 16.0. The number of anilines is 1. The predicted octanol–water partition coefficient (Wildman–Crippen LogP) is 4.90. The third-order valence-corrected chi connectivity index (χ3v) is 6.10. The molecule has 0 unspecified atom stereocenters. The summed E-state index contributed by atoms with van der Waals surface area (Å²) in [5.74, 6) is 0.861. The van der Waals surface area contributed by atoms with Crippen LogP contribution in [-0.4, -0.2) is 37.7 Å². The van der Waals surface area contributed by atoms with Gasteiger partial charge in [0.2, 0.25) is 0 Å². The number of aromatic amines is 1. The lowest BCUT2D eigenvalue weighted by atomic mass is 10.1. The molecule has 33 heavy (non-hydrogen) atoms. The van der Waals surface area contributed by atoms with Crippen LogP contribution in [0.4, 0.5) is 10.2 Å². The molecule has 2 aromatic carbocycles. The van der Waals surface area contributed by atoms with E-state index in [1.807, 2.05) is 22.9 Å². The summed E-state index contributed by atoms with van der Waals surface area (Å²) >= 11 is 0. The van der Waals surface area contributed by atoms with Crippen molar-refractivity contribution >= 4 is 27.9 Å². The second-order valence-corrected chi connectivity index (χ2v) is 8.94. The van der Waals surface area contributed by atoms with Crippen LogP contribution < -0.4 is 10.1 Å². The van der Waals surface area contributed by atoms with Gasteiger partial charge >= 0.3 is 0 Å². The molecule has 0 bridgehead atoms. The lowest BCUT2D eigenvalue weighted by Crippen LogP contribution is -2.25. The lowest BCUT2D eigenvalue weighted by Gasteiger charge is -2.18. The van der Waals surface area contributed by atoms with Crippen molar-refractivity contribution in [2.45, 2.75) is 25.8 Å². The molecule has 1 aliphatic heterocycles. The van der Waals surface area contributed by atoms with Gasteiger partial charge in [0, 0.05) is 29.2 Å². The first-order valence-electron chi connectivity index (χ1n) is 11.0. The van der Waals surface area contributed by atoms with Gasteiger partial charge in [0.15, 0.2) is 22.8 Å². The molecule has 166 valence electrons. The van der Waals surface area contributed by atoms with Gasteiger partial charge in [-0.2, -0.15) is 4.98 Å². The second-order valence-electron chi connectivity index (χ2n) is 8.94. The van der Waals surface area contributed by atoms with Gasteiger partial charge in [0.1, 0.15) is 12.4 Å². The molecule has 6 rings (SSSR count). The number of hydrogen-bond acceptors (Lipinski definition) is 5. The summed E-state index contributed by atoms with van der Waals surface area (Å²) in [5, 5.41) is 4.68. The topological polar surface area (TPSA) is 80.7 Å². The number of aromatic nitrogens is 5. The van der Waals surface area contributed by atoms with E-state index in [0.29, 0.717) is 42.0 Å². The van der Waals surface area contributed by atoms with Crippen LogP contribution in [0.3, 0.4) is 0 Å². The first kappa shape index (κ1) is 19.7. The number of fused-ring (bicyclic) bond motifs is 4. The van der Waals surface area contributed by atoms with Crippen LogP contribution in [0.25, 0.3) is 33.5 Å². The average molecular weight is 442 g/mol. The predicted molar refractivity (Wildman–Crippen MR) is 126 cm³/mol. The number of imidazole rings is 1. The number of H-pyrrole nitrogens is 1. The van der Waals surface area contributed by atoms with Crippen molar-refractivity contribution in [1.29, 1.82) is 0 Å². The SMILES string of the molecule is CC1(C)COc2nc3c(NCCc4c[nH]c5ccccc45)nc(-c4ccc(F)cc4)nc3n21. The zero-order valence-corrected chi connectivity index (χ0v) is 18.4. The van der Waals surface area contributed by atoms with Crippen LogP contribution in [0.2, 0.25) is 0 Å². The molecule has 0 amide bonds. The van der Waals surface area contributed by atoms with E-state index in [1.54, 1.807) is 12.1 Å². The molecular weight excluding hydrogens is 419 g/mol. The Morgan fingerprint density at radius 1 is 1.09 bits per heavy atom. The average Bonchev–Trinajstić information content (AvgIpc) is 3.48. The Kier molecular flexibility index (Phi) is 4.36. The number of hydrogen-bond donors (Lipinski definition) is 2. The van der Waals surface area contributed by atoms with Crippen molar-refractivity contribution in [2.75, 3.05) is 18.5 Å². The Balaban J connectivity index is 1.39. The van der Waals surface area contributed by atoms with E-state index in [9.17, 15) is 4.39 Å². The molecular formula is C25H23FN6O. The number of rotatable bonds is 5. The Hall–Kier alpha value is -3.94. The lowest BCUT2D eigenvalue weighted by molar-refractivity contribution is 0.268. The molecule has 8 heteroatoms. The fourth-order valence-electron chi connectivity index (χ4n) is 4.39. The summed E-state index contributed by atoms with van der Waals surface area (Å²) < 4.78 is 21.3. The number of halogens is 1. The number of para-hydroxylation sites is 1. The Labute approximate surface area is 189 Å². The van der Waals surface area contributed by atoms with E-state index in [4.69, 9.17) is 19.7 Å². The molecule has 5 aromatic rings. The van der Waals surface area contributed by atoms with Crippen molar-refractivity contribution in [3.8, 4) is 17.4 Å². The van der Waals surface area contributed by atoms with Gasteiger partial charge < -0.3 is 15.0 Å². The van der Waals surface area contributed by atoms with Gasteiger partial charge in [-0.25, -0.2) is 14.4 Å². The van der Waals surface area contributed by atoms with Crippen molar-refractivity contribution in [1.82, 2.24) is 24.5 Å². The van der Waals surface area contributed by atoms with Crippen LogP contribution in [0.15, 0.2) is 54.7 Å². The number of benzene rings is 2. The van der Waals surface area contributed by atoms with Gasteiger partial charge in [-0.3, -0.25) is 4.57 Å². The van der Waals surface area contributed by atoms with Crippen LogP contribution in [-0.2, 0) is 12.0 Å². The van der Waals surface area contributed by atoms with Crippen molar-refractivity contribution in [2.24, 2.45) is 0 Å². The van der Waals surface area contributed by atoms with Gasteiger partial charge in [0.25, 0.3) is 6.01 Å². The Bertz CT molecular complexity index is 1480. The maximum absolute atomic E-state index is 13.5. The maximum Gasteiger partial charge on any atom is 0.299 e. The van der Waals surface area contributed by atoms with Gasteiger partial charge in [-0.05, 0) is 56.2 Å². The highest BCUT2D eigenvalue weighted by atomic mass is 19.1. The summed E-state index contributed by atoms with van der Waals surface area (Å²) in [6, 6.07) is 15.0. The highest BCUT2D eigenvalue weighted by Gasteiger charge is 2.36. The minimum absolute atomic E-state index is 0.278. The zero-order chi connectivity index (χ0) is 22.6. The van der Waals surface area contributed by atoms with E-state index in [-0.39, 0.29) is 11.4 Å². The Morgan fingerprint density at radius 2 is 1.91 bits per heavy atom. The molecule has 0 atom stereocenters. The molecule has 0 aliphatic carbocycles. The monoisotopic (exact) mass is 442 g/mol. The minimum atomic E-state index is -0.295. The van der Waals surface area contributed by atoms with Crippen molar-refractivity contribution < 1.29 is 9.13 Å². The summed E-state index contributed by atoms with van der Waals surface area (Å²) in [4.78, 5) is 17.6. The van der Waals surface area contributed by atoms with Crippen LogP contribution >= 0.6 is 0 Å². The largest absolute Gasteiger partial charge is 0.462 e. The maximum atomic E-state index is 13.5. The van der Waals surface area contributed by atoms with Crippen molar-refractivity contribution in [3.05, 3.63) is 66.1 Å². The van der Waals surface area contributed by atoms with E-state index in [1.165, 1.54) is 23.1 Å². The fourth-order valence-corrected chi connectivity index (χ4v) is 4.39. The second kappa shape index (κ2) is 7.30. The van der Waals surface area contributed by atoms with Crippen molar-refractivity contribution in [3.63, 3.8) is 0 Å². The molecule has 0 spiro atoms. The summed E-state index contributed by atoms with van der Waals surface area (Å²) in [7, 11) is 0. The number of ether oxygens (including phenoxy) is 1. The van der Waals surface area contributed by atoms with Crippen LogP contribution in [0, 0.1) is 5.82 Å². The van der Waals surface area contributed by atoms with Gasteiger partial charge in [-0.1, -0.05) is 18.2 Å². The van der Waals surface area contributed by atoms with E-state index < -0.39 is 0 Å². The van der Waals surface area contributed by atoms with E-state index in [0.717, 1.165) is 17.5 Å². The normalized spacial score (nSPS) is 14.5. The molecule has 0 saturated heterocycles. The zero-order valence-electron chi connectivity index (χ0n) is 18.4. The summed E-state index contributed by atoms with van der Waals surface area (Å²) in [5.41, 5.74) is 4.20. The van der Waals surface area contributed by atoms with Crippen LogP contribution in [0.1, 0.15) is 19.4 Å². The van der Waals surface area contributed by atoms with Crippen LogP contribution in [0.5, 0.6) is 6.01 Å². The van der Waals surface area contributed by atoms with E-state index >= 15 is 0 Å². The quantitative estimate of drug-likeness (QED) is 0.405. The molecule has 3 aromatic heterocycles. The Morgan fingerprint density at radius 3 is 2.76 bits per heavy atom. The van der Waals surface area contributed by atoms with E-state index in [2.05, 4.69) is 36.3 Å². The summed E-state index contributed by atoms with van der Waals surface area (Å²) in [6.07, 6.45) is 2.87. The minimum Gasteiger partial charge on any atom is -0.462 e.